The molecule has 1 atom stereocenters. The van der Waals surface area contributed by atoms with Crippen LogP contribution in [0.2, 0.25) is 0 Å². The quantitative estimate of drug-likeness (QED) is 0.849. The van der Waals surface area contributed by atoms with Gasteiger partial charge >= 0.3 is 0 Å². The Kier molecular flexibility index (Phi) is 5.76. The van der Waals surface area contributed by atoms with Crippen molar-refractivity contribution in [1.82, 2.24) is 4.98 Å². The zero-order valence-electron chi connectivity index (χ0n) is 12.9. The van der Waals surface area contributed by atoms with E-state index in [4.69, 9.17) is 10.5 Å². The third kappa shape index (κ3) is 5.20. The Morgan fingerprint density at radius 1 is 1.10 bits per heavy atom. The number of aromatic nitrogens is 1. The minimum atomic E-state index is 0.189. The highest BCUT2D eigenvalue weighted by Crippen LogP contribution is 2.13. The van der Waals surface area contributed by atoms with Gasteiger partial charge in [-0.25, -0.2) is 0 Å². The normalized spacial score (nSPS) is 12.1. The largest absolute Gasteiger partial charge is 0.493 e. The molecule has 3 heteroatoms. The van der Waals surface area contributed by atoms with E-state index in [1.807, 2.05) is 25.3 Å². The fourth-order valence-electron chi connectivity index (χ4n) is 2.18. The first-order valence-electron chi connectivity index (χ1n) is 7.58. The van der Waals surface area contributed by atoms with E-state index in [0.717, 1.165) is 30.7 Å². The number of nitrogens with two attached hydrogens (primary N) is 1. The highest BCUT2D eigenvalue weighted by Gasteiger charge is 2.00. The molecule has 2 N–H and O–H groups in total. The summed E-state index contributed by atoms with van der Waals surface area (Å²) in [6.45, 7) is 4.79. The first-order valence-corrected chi connectivity index (χ1v) is 7.58. The van der Waals surface area contributed by atoms with E-state index in [9.17, 15) is 0 Å². The zero-order chi connectivity index (χ0) is 15.1. The molecule has 0 radical (unpaired) electrons. The maximum atomic E-state index is 5.79. The molecule has 21 heavy (non-hydrogen) atoms. The van der Waals surface area contributed by atoms with Crippen molar-refractivity contribution in [2.24, 2.45) is 5.73 Å². The van der Waals surface area contributed by atoms with Crippen LogP contribution < -0.4 is 10.5 Å². The van der Waals surface area contributed by atoms with Crippen LogP contribution in [-0.4, -0.2) is 17.6 Å². The van der Waals surface area contributed by atoms with Gasteiger partial charge in [0.05, 0.1) is 6.61 Å². The average Bonchev–Trinajstić information content (AvgIpc) is 2.49. The molecule has 1 heterocycles. The lowest BCUT2D eigenvalue weighted by Crippen LogP contribution is -2.17. The Morgan fingerprint density at radius 2 is 1.81 bits per heavy atom. The highest BCUT2D eigenvalue weighted by atomic mass is 16.5. The predicted octanol–water partition coefficient (Wildman–Crippen LogP) is 3.16. The van der Waals surface area contributed by atoms with E-state index in [0.29, 0.717) is 6.61 Å². The zero-order valence-corrected chi connectivity index (χ0v) is 12.9. The van der Waals surface area contributed by atoms with Gasteiger partial charge in [-0.2, -0.15) is 0 Å². The molecule has 0 spiro atoms. The number of nitrogens with zero attached hydrogens (tertiary/aromatic N) is 1. The number of aryl methyl sites for hydroxylation is 1. The van der Waals surface area contributed by atoms with E-state index in [-0.39, 0.29) is 6.04 Å². The molecule has 0 saturated carbocycles. The Hall–Kier alpha value is -1.87. The summed E-state index contributed by atoms with van der Waals surface area (Å²) in [5.74, 6) is 0.897. The van der Waals surface area contributed by atoms with Gasteiger partial charge in [0, 0.05) is 24.4 Å². The van der Waals surface area contributed by atoms with E-state index < -0.39 is 0 Å². The SMILES string of the molecule is CCc1ccc(CCOc2ccc(CC(C)N)cc2)nc1. The van der Waals surface area contributed by atoms with Crippen LogP contribution in [0.15, 0.2) is 42.6 Å². The van der Waals surface area contributed by atoms with Gasteiger partial charge in [0.2, 0.25) is 0 Å². The van der Waals surface area contributed by atoms with Crippen molar-refractivity contribution in [2.45, 2.75) is 39.2 Å². The number of benzene rings is 1. The molecule has 1 aromatic carbocycles. The highest BCUT2D eigenvalue weighted by molar-refractivity contribution is 5.27. The van der Waals surface area contributed by atoms with Gasteiger partial charge in [0.15, 0.2) is 0 Å². The molecule has 112 valence electrons. The molecule has 0 aliphatic rings. The van der Waals surface area contributed by atoms with Crippen LogP contribution in [-0.2, 0) is 19.3 Å². The summed E-state index contributed by atoms with van der Waals surface area (Å²) in [6.07, 6.45) is 4.69. The fourth-order valence-corrected chi connectivity index (χ4v) is 2.18. The van der Waals surface area contributed by atoms with Crippen molar-refractivity contribution in [1.29, 1.82) is 0 Å². The van der Waals surface area contributed by atoms with Gasteiger partial charge in [-0.3, -0.25) is 4.98 Å². The van der Waals surface area contributed by atoms with Crippen molar-refractivity contribution in [3.8, 4) is 5.75 Å². The third-order valence-electron chi connectivity index (χ3n) is 3.40. The topological polar surface area (TPSA) is 48.1 Å². The van der Waals surface area contributed by atoms with Crippen molar-refractivity contribution in [2.75, 3.05) is 6.61 Å². The van der Waals surface area contributed by atoms with Gasteiger partial charge < -0.3 is 10.5 Å². The molecular weight excluding hydrogens is 260 g/mol. The first-order chi connectivity index (χ1) is 10.2. The minimum Gasteiger partial charge on any atom is -0.493 e. The monoisotopic (exact) mass is 284 g/mol. The standard InChI is InChI=1S/C18H24N2O/c1-3-15-4-7-17(20-13-15)10-11-21-18-8-5-16(6-9-18)12-14(2)19/h4-9,13-14H,3,10-12,19H2,1-2H3. The molecular formula is C18H24N2O. The van der Waals surface area contributed by atoms with Gasteiger partial charge in [-0.05, 0) is 49.1 Å². The molecule has 1 unspecified atom stereocenters. The summed E-state index contributed by atoms with van der Waals surface area (Å²) < 4.78 is 5.76. The van der Waals surface area contributed by atoms with Gasteiger partial charge in [0.25, 0.3) is 0 Å². The number of hydrogen-bond donors (Lipinski definition) is 1. The van der Waals surface area contributed by atoms with E-state index >= 15 is 0 Å². The second-order valence-corrected chi connectivity index (χ2v) is 5.44. The number of ether oxygens (including phenoxy) is 1. The van der Waals surface area contributed by atoms with Gasteiger partial charge in [0.1, 0.15) is 5.75 Å². The summed E-state index contributed by atoms with van der Waals surface area (Å²) in [5, 5.41) is 0. The smallest absolute Gasteiger partial charge is 0.119 e. The fraction of sp³-hybridized carbons (Fsp3) is 0.389. The molecule has 0 amide bonds. The summed E-state index contributed by atoms with van der Waals surface area (Å²) in [7, 11) is 0. The van der Waals surface area contributed by atoms with E-state index in [1.165, 1.54) is 11.1 Å². The molecule has 2 rings (SSSR count). The van der Waals surface area contributed by atoms with Crippen LogP contribution in [0.3, 0.4) is 0 Å². The van der Waals surface area contributed by atoms with Crippen molar-refractivity contribution >= 4 is 0 Å². The molecule has 0 aliphatic carbocycles. The van der Waals surface area contributed by atoms with Crippen LogP contribution in [0.25, 0.3) is 0 Å². The molecule has 1 aromatic heterocycles. The van der Waals surface area contributed by atoms with Crippen LogP contribution in [0.1, 0.15) is 30.7 Å². The Balaban J connectivity index is 1.79. The minimum absolute atomic E-state index is 0.189. The van der Waals surface area contributed by atoms with E-state index in [1.54, 1.807) is 0 Å². The van der Waals surface area contributed by atoms with E-state index in [2.05, 4.69) is 36.2 Å². The summed E-state index contributed by atoms with van der Waals surface area (Å²) in [6, 6.07) is 12.6. The first kappa shape index (κ1) is 15.5. The summed E-state index contributed by atoms with van der Waals surface area (Å²) in [4.78, 5) is 4.43. The lowest BCUT2D eigenvalue weighted by Gasteiger charge is -2.08. The average molecular weight is 284 g/mol. The number of hydrogen-bond acceptors (Lipinski definition) is 3. The lowest BCUT2D eigenvalue weighted by atomic mass is 10.1. The van der Waals surface area contributed by atoms with Crippen LogP contribution in [0.4, 0.5) is 0 Å². The molecule has 0 bridgehead atoms. The molecule has 3 nitrogen and oxygen atoms in total. The lowest BCUT2D eigenvalue weighted by molar-refractivity contribution is 0.320. The molecule has 0 fully saturated rings. The molecule has 2 aromatic rings. The second-order valence-electron chi connectivity index (χ2n) is 5.44. The van der Waals surface area contributed by atoms with Crippen LogP contribution in [0.5, 0.6) is 5.75 Å². The summed E-state index contributed by atoms with van der Waals surface area (Å²) >= 11 is 0. The Morgan fingerprint density at radius 3 is 2.38 bits per heavy atom. The molecule has 0 saturated heterocycles. The molecule has 0 aliphatic heterocycles. The van der Waals surface area contributed by atoms with Gasteiger partial charge in [-0.15, -0.1) is 0 Å². The van der Waals surface area contributed by atoms with Crippen molar-refractivity contribution < 1.29 is 4.74 Å². The number of rotatable bonds is 7. The Bertz CT molecular complexity index is 532. The van der Waals surface area contributed by atoms with Crippen molar-refractivity contribution in [3.05, 3.63) is 59.4 Å². The van der Waals surface area contributed by atoms with Crippen LogP contribution in [0, 0.1) is 0 Å². The third-order valence-corrected chi connectivity index (χ3v) is 3.40. The second kappa shape index (κ2) is 7.79. The Labute approximate surface area is 127 Å². The number of pyridine rings is 1. The maximum absolute atomic E-state index is 5.79. The van der Waals surface area contributed by atoms with Gasteiger partial charge in [-0.1, -0.05) is 25.1 Å². The van der Waals surface area contributed by atoms with Crippen molar-refractivity contribution in [3.63, 3.8) is 0 Å². The summed E-state index contributed by atoms with van der Waals surface area (Å²) in [5.41, 5.74) is 9.37. The predicted molar refractivity (Wildman–Crippen MR) is 86.6 cm³/mol. The van der Waals surface area contributed by atoms with Crippen LogP contribution >= 0.6 is 0 Å². The maximum Gasteiger partial charge on any atom is 0.119 e.